The molecule has 1 aromatic carbocycles. The molecule has 0 unspecified atom stereocenters. The largest absolute Gasteiger partial charge is 0.508 e. The molecule has 68 valence electrons. The lowest BCUT2D eigenvalue weighted by Crippen LogP contribution is -2.07. The highest BCUT2D eigenvalue weighted by Crippen LogP contribution is 2.25. The van der Waals surface area contributed by atoms with Crippen molar-refractivity contribution in [3.8, 4) is 5.75 Å². The van der Waals surface area contributed by atoms with Crippen molar-refractivity contribution in [2.24, 2.45) is 0 Å². The van der Waals surface area contributed by atoms with Crippen LogP contribution in [0, 0.1) is 0 Å². The number of anilines is 1. The SMILES string of the molecule is C=CC(=O)Nc1ccc(O)cc1Cl. The summed E-state index contributed by atoms with van der Waals surface area (Å²) in [5.74, 6) is -0.283. The predicted octanol–water partition coefficient (Wildman–Crippen LogP) is 2.17. The highest BCUT2D eigenvalue weighted by atomic mass is 35.5. The van der Waals surface area contributed by atoms with Crippen LogP contribution in [0.4, 0.5) is 5.69 Å². The summed E-state index contributed by atoms with van der Waals surface area (Å²) in [6.45, 7) is 3.30. The number of phenolic OH excluding ortho intramolecular Hbond substituents is 1. The lowest BCUT2D eigenvalue weighted by molar-refractivity contribution is -0.111. The predicted molar refractivity (Wildman–Crippen MR) is 51.9 cm³/mol. The van der Waals surface area contributed by atoms with Crippen molar-refractivity contribution in [1.82, 2.24) is 0 Å². The molecule has 0 spiro atoms. The Morgan fingerprint density at radius 1 is 1.62 bits per heavy atom. The average Bonchev–Trinajstić information content (AvgIpc) is 2.09. The van der Waals surface area contributed by atoms with E-state index in [-0.39, 0.29) is 16.7 Å². The van der Waals surface area contributed by atoms with Gasteiger partial charge in [-0.15, -0.1) is 0 Å². The van der Waals surface area contributed by atoms with Gasteiger partial charge < -0.3 is 10.4 Å². The van der Waals surface area contributed by atoms with Gasteiger partial charge in [-0.3, -0.25) is 4.79 Å². The Hall–Kier alpha value is -1.48. The van der Waals surface area contributed by atoms with Crippen LogP contribution >= 0.6 is 11.6 Å². The molecule has 0 saturated carbocycles. The molecule has 0 aliphatic heterocycles. The second-order valence-corrected chi connectivity index (χ2v) is 2.76. The molecular weight excluding hydrogens is 190 g/mol. The summed E-state index contributed by atoms with van der Waals surface area (Å²) in [7, 11) is 0. The minimum atomic E-state index is -0.340. The lowest BCUT2D eigenvalue weighted by atomic mass is 10.3. The van der Waals surface area contributed by atoms with E-state index in [0.717, 1.165) is 6.08 Å². The molecule has 1 aromatic rings. The normalized spacial score (nSPS) is 9.31. The van der Waals surface area contributed by atoms with Crippen LogP contribution in [0.2, 0.25) is 5.02 Å². The average molecular weight is 198 g/mol. The fourth-order valence-electron chi connectivity index (χ4n) is 0.789. The van der Waals surface area contributed by atoms with Crippen molar-refractivity contribution in [3.05, 3.63) is 35.9 Å². The van der Waals surface area contributed by atoms with Gasteiger partial charge in [-0.2, -0.15) is 0 Å². The molecule has 1 rings (SSSR count). The Bertz CT molecular complexity index is 349. The molecule has 0 bridgehead atoms. The molecule has 0 fully saturated rings. The molecule has 0 saturated heterocycles. The van der Waals surface area contributed by atoms with Crippen molar-refractivity contribution < 1.29 is 9.90 Å². The van der Waals surface area contributed by atoms with Crippen molar-refractivity contribution in [2.75, 3.05) is 5.32 Å². The number of amides is 1. The van der Waals surface area contributed by atoms with Crippen molar-refractivity contribution >= 4 is 23.2 Å². The fourth-order valence-corrected chi connectivity index (χ4v) is 1.01. The highest BCUT2D eigenvalue weighted by Gasteiger charge is 2.02. The number of carbonyl (C=O) groups is 1. The van der Waals surface area contributed by atoms with E-state index in [1.165, 1.54) is 18.2 Å². The summed E-state index contributed by atoms with van der Waals surface area (Å²) in [6.07, 6.45) is 1.14. The maximum Gasteiger partial charge on any atom is 0.247 e. The van der Waals surface area contributed by atoms with Gasteiger partial charge in [0.1, 0.15) is 5.75 Å². The zero-order valence-corrected chi connectivity index (χ0v) is 7.51. The smallest absolute Gasteiger partial charge is 0.247 e. The van der Waals surface area contributed by atoms with Gasteiger partial charge in [-0.25, -0.2) is 0 Å². The van der Waals surface area contributed by atoms with Gasteiger partial charge >= 0.3 is 0 Å². The zero-order valence-electron chi connectivity index (χ0n) is 6.75. The Morgan fingerprint density at radius 3 is 2.85 bits per heavy atom. The summed E-state index contributed by atoms with van der Waals surface area (Å²) < 4.78 is 0. The van der Waals surface area contributed by atoms with Gasteiger partial charge in [0.25, 0.3) is 0 Å². The fraction of sp³-hybridized carbons (Fsp3) is 0. The number of nitrogens with one attached hydrogen (secondary N) is 1. The van der Waals surface area contributed by atoms with E-state index in [1.807, 2.05) is 0 Å². The third-order valence-corrected chi connectivity index (χ3v) is 1.71. The third kappa shape index (κ3) is 2.49. The first-order valence-electron chi connectivity index (χ1n) is 3.55. The maximum atomic E-state index is 10.9. The zero-order chi connectivity index (χ0) is 9.84. The summed E-state index contributed by atoms with van der Waals surface area (Å²) >= 11 is 5.72. The first-order chi connectivity index (χ1) is 6.13. The topological polar surface area (TPSA) is 49.3 Å². The van der Waals surface area contributed by atoms with E-state index in [4.69, 9.17) is 16.7 Å². The van der Waals surface area contributed by atoms with E-state index >= 15 is 0 Å². The summed E-state index contributed by atoms with van der Waals surface area (Å²) in [5.41, 5.74) is 0.448. The standard InChI is InChI=1S/C9H8ClNO2/c1-2-9(13)11-8-4-3-6(12)5-7(8)10/h2-5,12H,1H2,(H,11,13). The quantitative estimate of drug-likeness (QED) is 0.564. The molecule has 3 nitrogen and oxygen atoms in total. The number of halogens is 1. The van der Waals surface area contributed by atoms with Gasteiger partial charge in [0.05, 0.1) is 10.7 Å². The molecule has 0 atom stereocenters. The van der Waals surface area contributed by atoms with Crippen LogP contribution in [0.15, 0.2) is 30.9 Å². The van der Waals surface area contributed by atoms with Crippen molar-refractivity contribution in [1.29, 1.82) is 0 Å². The molecule has 0 aliphatic rings. The molecule has 0 heterocycles. The number of rotatable bonds is 2. The van der Waals surface area contributed by atoms with Crippen LogP contribution in [0.1, 0.15) is 0 Å². The van der Waals surface area contributed by atoms with Crippen molar-refractivity contribution in [3.63, 3.8) is 0 Å². The number of benzene rings is 1. The minimum absolute atomic E-state index is 0.0570. The molecular formula is C9H8ClNO2. The van der Waals surface area contributed by atoms with Crippen LogP contribution in [0.25, 0.3) is 0 Å². The molecule has 4 heteroatoms. The van der Waals surface area contributed by atoms with Gasteiger partial charge in [0, 0.05) is 6.07 Å². The molecule has 2 N–H and O–H groups in total. The summed E-state index contributed by atoms with van der Waals surface area (Å²) in [5, 5.41) is 11.8. The highest BCUT2D eigenvalue weighted by molar-refractivity contribution is 6.34. The monoisotopic (exact) mass is 197 g/mol. The number of carbonyl (C=O) groups excluding carboxylic acids is 1. The van der Waals surface area contributed by atoms with Gasteiger partial charge in [-0.05, 0) is 18.2 Å². The Balaban J connectivity index is 2.89. The van der Waals surface area contributed by atoms with E-state index in [2.05, 4.69) is 11.9 Å². The molecule has 1 amide bonds. The van der Waals surface area contributed by atoms with Gasteiger partial charge in [0.15, 0.2) is 0 Å². The van der Waals surface area contributed by atoms with E-state index in [1.54, 1.807) is 0 Å². The van der Waals surface area contributed by atoms with Gasteiger partial charge in [0.2, 0.25) is 5.91 Å². The first kappa shape index (κ1) is 9.61. The second kappa shape index (κ2) is 3.96. The van der Waals surface area contributed by atoms with Crippen LogP contribution in [0.5, 0.6) is 5.75 Å². The molecule has 0 aromatic heterocycles. The minimum Gasteiger partial charge on any atom is -0.508 e. The van der Waals surface area contributed by atoms with Gasteiger partial charge in [-0.1, -0.05) is 18.2 Å². The summed E-state index contributed by atoms with van der Waals surface area (Å²) in [6, 6.07) is 4.30. The Labute approximate surface area is 80.6 Å². The summed E-state index contributed by atoms with van der Waals surface area (Å²) in [4.78, 5) is 10.9. The molecule has 0 radical (unpaired) electrons. The number of phenols is 1. The lowest BCUT2D eigenvalue weighted by Gasteiger charge is -2.04. The van der Waals surface area contributed by atoms with Crippen LogP contribution in [-0.2, 0) is 4.79 Å². The number of hydrogen-bond donors (Lipinski definition) is 2. The van der Waals surface area contributed by atoms with E-state index < -0.39 is 0 Å². The number of hydrogen-bond acceptors (Lipinski definition) is 2. The van der Waals surface area contributed by atoms with Crippen LogP contribution < -0.4 is 5.32 Å². The molecule has 0 aliphatic carbocycles. The number of aromatic hydroxyl groups is 1. The van der Waals surface area contributed by atoms with Crippen LogP contribution in [-0.4, -0.2) is 11.0 Å². The Kier molecular flexibility index (Phi) is 2.93. The third-order valence-electron chi connectivity index (χ3n) is 1.40. The van der Waals surface area contributed by atoms with Crippen LogP contribution in [0.3, 0.4) is 0 Å². The first-order valence-corrected chi connectivity index (χ1v) is 3.93. The van der Waals surface area contributed by atoms with E-state index in [0.29, 0.717) is 5.69 Å². The van der Waals surface area contributed by atoms with E-state index in [9.17, 15) is 4.79 Å². The van der Waals surface area contributed by atoms with Crippen molar-refractivity contribution in [2.45, 2.75) is 0 Å². The Morgan fingerprint density at radius 2 is 2.31 bits per heavy atom. The molecule has 13 heavy (non-hydrogen) atoms. The maximum absolute atomic E-state index is 10.9. The second-order valence-electron chi connectivity index (χ2n) is 2.36.